The summed E-state index contributed by atoms with van der Waals surface area (Å²) in [4.78, 5) is 38.3. The maximum atomic E-state index is 12.9. The molecular weight excluding hydrogens is 901 g/mol. The van der Waals surface area contributed by atoms with Crippen molar-refractivity contribution in [2.45, 2.75) is 393 Å². The van der Waals surface area contributed by atoms with E-state index in [9.17, 15) is 14.4 Å². The van der Waals surface area contributed by atoms with Crippen molar-refractivity contribution in [2.24, 2.45) is 5.92 Å². The molecule has 0 bridgehead atoms. The second-order valence-electron chi connectivity index (χ2n) is 23.4. The molecule has 0 rings (SSSR count). The van der Waals surface area contributed by atoms with Crippen molar-refractivity contribution in [1.29, 1.82) is 0 Å². The fourth-order valence-electron chi connectivity index (χ4n) is 10.5. The third-order valence-electron chi connectivity index (χ3n) is 15.9. The normalized spacial score (nSPS) is 12.3. The van der Waals surface area contributed by atoms with Gasteiger partial charge in [-0.15, -0.1) is 0 Å². The first kappa shape index (κ1) is 71.4. The van der Waals surface area contributed by atoms with Crippen LogP contribution < -0.4 is 0 Å². The zero-order chi connectivity index (χ0) is 53.0. The molecule has 0 aliphatic carbocycles. The van der Waals surface area contributed by atoms with Gasteiger partial charge in [0, 0.05) is 19.3 Å². The van der Waals surface area contributed by atoms with Gasteiger partial charge in [-0.05, 0) is 25.2 Å². The van der Waals surface area contributed by atoms with Crippen molar-refractivity contribution in [3.8, 4) is 0 Å². The number of ether oxygens (including phenoxy) is 3. The maximum Gasteiger partial charge on any atom is 0.306 e. The molecule has 0 heterocycles. The highest BCUT2D eigenvalue weighted by Gasteiger charge is 2.19. The fraction of sp³-hybridized carbons (Fsp3) is 0.955. The quantitative estimate of drug-likeness (QED) is 0.0343. The molecule has 0 spiro atoms. The molecule has 0 saturated heterocycles. The van der Waals surface area contributed by atoms with Gasteiger partial charge in [0.25, 0.3) is 0 Å². The van der Waals surface area contributed by atoms with Crippen LogP contribution in [0.2, 0.25) is 0 Å². The molecule has 0 N–H and O–H groups in total. The summed E-state index contributed by atoms with van der Waals surface area (Å²) in [6.07, 6.45) is 69.6. The Morgan fingerprint density at radius 2 is 0.479 bits per heavy atom. The Balaban J connectivity index is 4.24. The summed E-state index contributed by atoms with van der Waals surface area (Å²) >= 11 is 0. The van der Waals surface area contributed by atoms with Crippen molar-refractivity contribution in [3.63, 3.8) is 0 Å². The molecule has 0 fully saturated rings. The molecule has 0 aromatic heterocycles. The van der Waals surface area contributed by atoms with E-state index in [1.807, 2.05) is 0 Å². The summed E-state index contributed by atoms with van der Waals surface area (Å²) in [5, 5.41) is 0. The van der Waals surface area contributed by atoms with Crippen LogP contribution in [0.4, 0.5) is 0 Å². The van der Waals surface area contributed by atoms with E-state index in [1.165, 1.54) is 283 Å². The van der Waals surface area contributed by atoms with Gasteiger partial charge in [-0.3, -0.25) is 14.4 Å². The van der Waals surface area contributed by atoms with Crippen LogP contribution >= 0.6 is 0 Å². The van der Waals surface area contributed by atoms with Crippen LogP contribution in [-0.4, -0.2) is 37.2 Å². The largest absolute Gasteiger partial charge is 0.462 e. The summed E-state index contributed by atoms with van der Waals surface area (Å²) in [5.41, 5.74) is 0. The second kappa shape index (κ2) is 61.3. The molecule has 0 saturated carbocycles. The van der Waals surface area contributed by atoms with Gasteiger partial charge in [-0.25, -0.2) is 0 Å². The Labute approximate surface area is 457 Å². The second-order valence-corrected chi connectivity index (χ2v) is 23.4. The monoisotopic (exact) mass is 1030 g/mol. The van der Waals surface area contributed by atoms with E-state index in [1.54, 1.807) is 0 Å². The minimum absolute atomic E-state index is 0.0609. The number of hydrogen-bond acceptors (Lipinski definition) is 6. The summed E-state index contributed by atoms with van der Waals surface area (Å²) < 4.78 is 17.0. The first-order chi connectivity index (χ1) is 35.9. The number of rotatable bonds is 62. The molecule has 0 amide bonds. The Bertz CT molecular complexity index is 1110. The van der Waals surface area contributed by atoms with Gasteiger partial charge in [0.1, 0.15) is 13.2 Å². The SMILES string of the molecule is CCCCCCCCCCCCCCCCCCCCCC(=O)O[C@H](COC(=O)CCCCCCCCCCCCCCCC)COC(=O)CCCCCCCCCCCCCCCCCCCCC(C)CC. The maximum absolute atomic E-state index is 12.9. The first-order valence-corrected chi connectivity index (χ1v) is 33.4. The van der Waals surface area contributed by atoms with Crippen LogP contribution in [0.3, 0.4) is 0 Å². The van der Waals surface area contributed by atoms with E-state index in [2.05, 4.69) is 27.7 Å². The summed E-state index contributed by atoms with van der Waals surface area (Å²) in [6.45, 7) is 9.14. The summed E-state index contributed by atoms with van der Waals surface area (Å²) in [7, 11) is 0. The molecular formula is C67H130O6. The lowest BCUT2D eigenvalue weighted by atomic mass is 9.99. The number of esters is 3. The lowest BCUT2D eigenvalue weighted by Gasteiger charge is -2.18. The summed E-state index contributed by atoms with van der Waals surface area (Å²) in [5.74, 6) is 0.0856. The first-order valence-electron chi connectivity index (χ1n) is 33.4. The standard InChI is InChI=1S/C67H130O6/c1-5-8-10-12-14-16-18-20-22-23-24-29-32-36-40-44-48-52-56-60-67(70)73-64(61-71-65(68)58-54-50-46-42-38-34-21-19-17-15-13-11-9-6-2)62-72-66(69)59-55-51-47-43-39-35-31-28-26-25-27-30-33-37-41-45-49-53-57-63(4)7-3/h63-64H,5-62H2,1-4H3/t63?,64-/m1/s1. The molecule has 73 heavy (non-hydrogen) atoms. The van der Waals surface area contributed by atoms with E-state index < -0.39 is 6.10 Å². The third kappa shape index (κ3) is 59.5. The molecule has 1 unspecified atom stereocenters. The van der Waals surface area contributed by atoms with Gasteiger partial charge in [0.05, 0.1) is 0 Å². The van der Waals surface area contributed by atoms with Crippen LogP contribution in [0.5, 0.6) is 0 Å². The van der Waals surface area contributed by atoms with Crippen molar-refractivity contribution in [2.75, 3.05) is 13.2 Å². The summed E-state index contributed by atoms with van der Waals surface area (Å²) in [6, 6.07) is 0. The topological polar surface area (TPSA) is 78.9 Å². The van der Waals surface area contributed by atoms with E-state index in [-0.39, 0.29) is 31.1 Å². The zero-order valence-corrected chi connectivity index (χ0v) is 50.1. The Morgan fingerprint density at radius 1 is 0.274 bits per heavy atom. The van der Waals surface area contributed by atoms with Crippen molar-refractivity contribution < 1.29 is 28.6 Å². The molecule has 0 aliphatic heterocycles. The average Bonchev–Trinajstić information content (AvgIpc) is 3.39. The van der Waals surface area contributed by atoms with Crippen LogP contribution in [0.25, 0.3) is 0 Å². The highest BCUT2D eigenvalue weighted by atomic mass is 16.6. The zero-order valence-electron chi connectivity index (χ0n) is 50.1. The van der Waals surface area contributed by atoms with Crippen molar-refractivity contribution >= 4 is 17.9 Å². The van der Waals surface area contributed by atoms with Crippen molar-refractivity contribution in [3.05, 3.63) is 0 Å². The van der Waals surface area contributed by atoms with E-state index in [4.69, 9.17) is 14.2 Å². The number of hydrogen-bond donors (Lipinski definition) is 0. The van der Waals surface area contributed by atoms with E-state index in [0.29, 0.717) is 19.3 Å². The number of carbonyl (C=O) groups excluding carboxylic acids is 3. The predicted octanol–water partition coefficient (Wildman–Crippen LogP) is 22.5. The molecule has 6 heteroatoms. The molecule has 0 aromatic rings. The van der Waals surface area contributed by atoms with Gasteiger partial charge >= 0.3 is 17.9 Å². The Morgan fingerprint density at radius 3 is 0.712 bits per heavy atom. The van der Waals surface area contributed by atoms with Crippen LogP contribution in [0, 0.1) is 5.92 Å². The molecule has 434 valence electrons. The fourth-order valence-corrected chi connectivity index (χ4v) is 10.5. The minimum Gasteiger partial charge on any atom is -0.462 e. The Hall–Kier alpha value is -1.59. The van der Waals surface area contributed by atoms with Crippen LogP contribution in [-0.2, 0) is 28.6 Å². The van der Waals surface area contributed by atoms with E-state index >= 15 is 0 Å². The minimum atomic E-state index is -0.763. The Kier molecular flexibility index (Phi) is 59.9. The smallest absolute Gasteiger partial charge is 0.306 e. The van der Waals surface area contributed by atoms with Gasteiger partial charge in [0.2, 0.25) is 0 Å². The number of carbonyl (C=O) groups is 3. The lowest BCUT2D eigenvalue weighted by molar-refractivity contribution is -0.167. The molecule has 2 atom stereocenters. The van der Waals surface area contributed by atoms with Gasteiger partial charge in [-0.1, -0.05) is 349 Å². The van der Waals surface area contributed by atoms with Gasteiger partial charge < -0.3 is 14.2 Å². The highest BCUT2D eigenvalue weighted by Crippen LogP contribution is 2.19. The van der Waals surface area contributed by atoms with Gasteiger partial charge in [-0.2, -0.15) is 0 Å². The average molecular weight is 1030 g/mol. The van der Waals surface area contributed by atoms with Crippen molar-refractivity contribution in [1.82, 2.24) is 0 Å². The number of unbranched alkanes of at least 4 members (excludes halogenated alkanes) is 48. The molecule has 0 radical (unpaired) electrons. The van der Waals surface area contributed by atoms with Crippen LogP contribution in [0.1, 0.15) is 387 Å². The lowest BCUT2D eigenvalue weighted by Crippen LogP contribution is -2.30. The van der Waals surface area contributed by atoms with Crippen LogP contribution in [0.15, 0.2) is 0 Å². The van der Waals surface area contributed by atoms with Gasteiger partial charge in [0.15, 0.2) is 6.10 Å². The third-order valence-corrected chi connectivity index (χ3v) is 15.9. The predicted molar refractivity (Wildman–Crippen MR) is 317 cm³/mol. The molecule has 0 aromatic carbocycles. The molecule has 6 nitrogen and oxygen atoms in total. The highest BCUT2D eigenvalue weighted by molar-refractivity contribution is 5.71. The van der Waals surface area contributed by atoms with E-state index in [0.717, 1.165) is 63.7 Å². The molecule has 0 aliphatic rings.